The largest absolute Gasteiger partial charge is 0.479 e. The quantitative estimate of drug-likeness (QED) is 0.857. The monoisotopic (exact) mass is 272 g/mol. The van der Waals surface area contributed by atoms with Gasteiger partial charge in [0, 0.05) is 5.02 Å². The van der Waals surface area contributed by atoms with Gasteiger partial charge in [0.15, 0.2) is 6.10 Å². The number of nitrogens with zero attached hydrogens (tertiary/aromatic N) is 1. The fourth-order valence-corrected chi connectivity index (χ4v) is 1.54. The number of nitrogens with one attached hydrogen (secondary N) is 1. The summed E-state index contributed by atoms with van der Waals surface area (Å²) < 4.78 is 5.35. The van der Waals surface area contributed by atoms with Crippen LogP contribution in [0.1, 0.15) is 6.92 Å². The molecule has 6 heteroatoms. The second-order valence-corrected chi connectivity index (χ2v) is 4.05. The van der Waals surface area contributed by atoms with Gasteiger partial charge in [0.05, 0.1) is 11.1 Å². The summed E-state index contributed by atoms with van der Waals surface area (Å²) in [5.41, 5.74) is 0. The second-order valence-electron chi connectivity index (χ2n) is 3.21. The van der Waals surface area contributed by atoms with E-state index in [2.05, 4.69) is 5.32 Å². The van der Waals surface area contributed by atoms with Crippen molar-refractivity contribution in [1.82, 2.24) is 5.32 Å². The molecule has 0 bridgehead atoms. The molecule has 4 nitrogen and oxygen atoms in total. The van der Waals surface area contributed by atoms with Gasteiger partial charge in [-0.3, -0.25) is 4.79 Å². The van der Waals surface area contributed by atoms with Crippen LogP contribution in [0.4, 0.5) is 0 Å². The number of amides is 1. The third kappa shape index (κ3) is 4.14. The predicted molar refractivity (Wildman–Crippen MR) is 65.2 cm³/mol. The number of nitriles is 1. The first kappa shape index (κ1) is 13.6. The standard InChI is InChI=1S/C11H10Cl2N2O2/c1-7(11(16)15-5-4-14)17-10-3-2-8(12)6-9(10)13/h2-3,6-7H,5H2,1H3,(H,15,16)/t7-/m1/s1. The van der Waals surface area contributed by atoms with E-state index in [4.69, 9.17) is 33.2 Å². The van der Waals surface area contributed by atoms with E-state index in [1.807, 2.05) is 0 Å². The van der Waals surface area contributed by atoms with Gasteiger partial charge in [-0.05, 0) is 25.1 Å². The van der Waals surface area contributed by atoms with Gasteiger partial charge in [0.25, 0.3) is 5.91 Å². The molecule has 0 saturated carbocycles. The van der Waals surface area contributed by atoms with Crippen molar-refractivity contribution in [3.63, 3.8) is 0 Å². The van der Waals surface area contributed by atoms with E-state index in [0.29, 0.717) is 15.8 Å². The van der Waals surface area contributed by atoms with Gasteiger partial charge in [0.2, 0.25) is 0 Å². The van der Waals surface area contributed by atoms with E-state index in [9.17, 15) is 4.79 Å². The van der Waals surface area contributed by atoms with Crippen molar-refractivity contribution >= 4 is 29.1 Å². The minimum atomic E-state index is -0.734. The Bertz CT molecular complexity index is 457. The molecular weight excluding hydrogens is 263 g/mol. The van der Waals surface area contributed by atoms with Crippen LogP contribution >= 0.6 is 23.2 Å². The molecule has 0 heterocycles. The lowest BCUT2D eigenvalue weighted by atomic mass is 10.3. The van der Waals surface area contributed by atoms with Crippen LogP contribution in [0.25, 0.3) is 0 Å². The molecule has 0 fully saturated rings. The van der Waals surface area contributed by atoms with Crippen LogP contribution in [-0.2, 0) is 4.79 Å². The fourth-order valence-electron chi connectivity index (χ4n) is 1.09. The van der Waals surface area contributed by atoms with E-state index in [0.717, 1.165) is 0 Å². The summed E-state index contributed by atoms with van der Waals surface area (Å²) in [6, 6.07) is 6.53. The van der Waals surface area contributed by atoms with Gasteiger partial charge in [-0.1, -0.05) is 23.2 Å². The Balaban J connectivity index is 2.65. The zero-order valence-corrected chi connectivity index (χ0v) is 10.5. The maximum atomic E-state index is 11.4. The smallest absolute Gasteiger partial charge is 0.261 e. The van der Waals surface area contributed by atoms with Gasteiger partial charge in [-0.2, -0.15) is 5.26 Å². The minimum Gasteiger partial charge on any atom is -0.479 e. The SMILES string of the molecule is C[C@@H](Oc1ccc(Cl)cc1Cl)C(=O)NCC#N. The first-order chi connectivity index (χ1) is 8.04. The molecule has 1 amide bonds. The number of ether oxygens (including phenoxy) is 1. The van der Waals surface area contributed by atoms with Crippen molar-refractivity contribution in [2.24, 2.45) is 0 Å². The number of carbonyl (C=O) groups is 1. The van der Waals surface area contributed by atoms with Gasteiger partial charge < -0.3 is 10.1 Å². The molecule has 1 rings (SSSR count). The van der Waals surface area contributed by atoms with Gasteiger partial charge >= 0.3 is 0 Å². The summed E-state index contributed by atoms with van der Waals surface area (Å²) in [6.07, 6.45) is -0.734. The highest BCUT2D eigenvalue weighted by Gasteiger charge is 2.15. The summed E-state index contributed by atoms with van der Waals surface area (Å²) >= 11 is 11.6. The highest BCUT2D eigenvalue weighted by Crippen LogP contribution is 2.28. The molecule has 1 aromatic carbocycles. The first-order valence-corrected chi connectivity index (χ1v) is 5.56. The van der Waals surface area contributed by atoms with Gasteiger partial charge in [0.1, 0.15) is 12.3 Å². The average molecular weight is 273 g/mol. The Morgan fingerprint density at radius 2 is 2.29 bits per heavy atom. The van der Waals surface area contributed by atoms with Gasteiger partial charge in [-0.15, -0.1) is 0 Å². The maximum Gasteiger partial charge on any atom is 0.261 e. The predicted octanol–water partition coefficient (Wildman–Crippen LogP) is 2.40. The Morgan fingerprint density at radius 1 is 1.59 bits per heavy atom. The Hall–Kier alpha value is -1.44. The number of hydrogen-bond donors (Lipinski definition) is 1. The summed E-state index contributed by atoms with van der Waals surface area (Å²) in [5, 5.41) is 11.5. The highest BCUT2D eigenvalue weighted by molar-refractivity contribution is 6.35. The van der Waals surface area contributed by atoms with E-state index in [1.165, 1.54) is 6.07 Å². The lowest BCUT2D eigenvalue weighted by Crippen LogP contribution is -2.36. The lowest BCUT2D eigenvalue weighted by molar-refractivity contribution is -0.126. The third-order valence-electron chi connectivity index (χ3n) is 1.91. The molecule has 1 aromatic rings. The zero-order valence-electron chi connectivity index (χ0n) is 9.04. The molecule has 1 atom stereocenters. The number of hydrogen-bond acceptors (Lipinski definition) is 3. The number of rotatable bonds is 4. The fraction of sp³-hybridized carbons (Fsp3) is 0.273. The van der Waals surface area contributed by atoms with Gasteiger partial charge in [-0.25, -0.2) is 0 Å². The molecule has 0 aliphatic heterocycles. The second kappa shape index (κ2) is 6.33. The number of halogens is 2. The zero-order chi connectivity index (χ0) is 12.8. The lowest BCUT2D eigenvalue weighted by Gasteiger charge is -2.14. The number of benzene rings is 1. The van der Waals surface area contributed by atoms with Crippen LogP contribution in [0.5, 0.6) is 5.75 Å². The summed E-state index contributed by atoms with van der Waals surface area (Å²) in [7, 11) is 0. The van der Waals surface area contributed by atoms with E-state index >= 15 is 0 Å². The number of carbonyl (C=O) groups excluding carboxylic acids is 1. The summed E-state index contributed by atoms with van der Waals surface area (Å²) in [6.45, 7) is 1.51. The molecule has 0 saturated heterocycles. The van der Waals surface area contributed by atoms with Crippen molar-refractivity contribution in [3.05, 3.63) is 28.2 Å². The molecule has 1 N–H and O–H groups in total. The molecule has 17 heavy (non-hydrogen) atoms. The molecule has 90 valence electrons. The van der Waals surface area contributed by atoms with Crippen LogP contribution in [0.15, 0.2) is 18.2 Å². The van der Waals surface area contributed by atoms with Crippen molar-refractivity contribution in [2.75, 3.05) is 6.54 Å². The topological polar surface area (TPSA) is 62.1 Å². The molecular formula is C11H10Cl2N2O2. The van der Waals surface area contributed by atoms with E-state index in [-0.39, 0.29) is 12.5 Å². The van der Waals surface area contributed by atoms with E-state index < -0.39 is 6.10 Å². The molecule has 0 aromatic heterocycles. The Labute approximate surface area is 109 Å². The van der Waals surface area contributed by atoms with Crippen molar-refractivity contribution in [1.29, 1.82) is 5.26 Å². The van der Waals surface area contributed by atoms with Crippen LogP contribution in [0.3, 0.4) is 0 Å². The van der Waals surface area contributed by atoms with Crippen molar-refractivity contribution in [3.8, 4) is 11.8 Å². The van der Waals surface area contributed by atoms with Crippen LogP contribution < -0.4 is 10.1 Å². The van der Waals surface area contributed by atoms with Crippen molar-refractivity contribution < 1.29 is 9.53 Å². The summed E-state index contributed by atoms with van der Waals surface area (Å²) in [5.74, 6) is -0.00626. The highest BCUT2D eigenvalue weighted by atomic mass is 35.5. The molecule has 0 radical (unpaired) electrons. The van der Waals surface area contributed by atoms with Crippen LogP contribution in [-0.4, -0.2) is 18.6 Å². The molecule has 0 aliphatic carbocycles. The summed E-state index contributed by atoms with van der Waals surface area (Å²) in [4.78, 5) is 11.4. The van der Waals surface area contributed by atoms with Crippen LogP contribution in [0.2, 0.25) is 10.0 Å². The average Bonchev–Trinajstić information content (AvgIpc) is 2.29. The molecule has 0 aliphatic rings. The normalized spacial score (nSPS) is 11.4. The first-order valence-electron chi connectivity index (χ1n) is 4.81. The van der Waals surface area contributed by atoms with Crippen LogP contribution in [0, 0.1) is 11.3 Å². The minimum absolute atomic E-state index is 0.0547. The third-order valence-corrected chi connectivity index (χ3v) is 2.44. The van der Waals surface area contributed by atoms with E-state index in [1.54, 1.807) is 25.1 Å². The molecule has 0 spiro atoms. The Kier molecular flexibility index (Phi) is 5.08. The maximum absolute atomic E-state index is 11.4. The Morgan fingerprint density at radius 3 is 2.88 bits per heavy atom. The molecule has 0 unspecified atom stereocenters. The van der Waals surface area contributed by atoms with Crippen molar-refractivity contribution in [2.45, 2.75) is 13.0 Å².